The number of nitrogens with zero attached hydrogens (tertiary/aromatic N) is 2. The molecule has 1 heterocycles. The van der Waals surface area contributed by atoms with Gasteiger partial charge in [0.15, 0.2) is 0 Å². The van der Waals surface area contributed by atoms with E-state index in [1.807, 2.05) is 0 Å². The molecular weight excluding hydrogens is 354 g/mol. The zero-order chi connectivity index (χ0) is 19.6. The van der Waals surface area contributed by atoms with Crippen molar-refractivity contribution in [1.29, 1.82) is 0 Å². The average Bonchev–Trinajstić information content (AvgIpc) is 3.25. The summed E-state index contributed by atoms with van der Waals surface area (Å²) in [5.41, 5.74) is 0.384. The summed E-state index contributed by atoms with van der Waals surface area (Å²) in [4.78, 5) is 50.8. The number of amides is 5. The number of anilines is 1. The molecule has 2 fully saturated rings. The second kappa shape index (κ2) is 7.65. The number of carbonyl (C=O) groups excluding carboxylic acids is 4. The van der Waals surface area contributed by atoms with Crippen LogP contribution in [0.2, 0.25) is 0 Å². The Morgan fingerprint density at radius 1 is 1.04 bits per heavy atom. The third-order valence-corrected chi connectivity index (χ3v) is 4.71. The van der Waals surface area contributed by atoms with Gasteiger partial charge in [-0.25, -0.2) is 9.69 Å². The monoisotopic (exact) mass is 375 g/mol. The van der Waals surface area contributed by atoms with Crippen molar-refractivity contribution in [2.75, 3.05) is 26.1 Å². The van der Waals surface area contributed by atoms with Gasteiger partial charge in [0.25, 0.3) is 0 Å². The smallest absolute Gasteiger partial charge is 0.334 e. The Morgan fingerprint density at radius 2 is 1.63 bits per heavy atom. The molecule has 0 aromatic heterocycles. The molecule has 0 spiro atoms. The second-order valence-corrected chi connectivity index (χ2v) is 6.44. The summed E-state index contributed by atoms with van der Waals surface area (Å²) in [6, 6.07) is 3.80. The molecular formula is C18H21N3O6. The summed E-state index contributed by atoms with van der Waals surface area (Å²) in [6.07, 6.45) is 3.20. The van der Waals surface area contributed by atoms with Gasteiger partial charge in [0.1, 0.15) is 18.0 Å². The van der Waals surface area contributed by atoms with Crippen molar-refractivity contribution in [3.63, 3.8) is 0 Å². The number of hydrogen-bond donors (Lipinski definition) is 1. The molecule has 1 N–H and O–H groups in total. The maximum absolute atomic E-state index is 12.5. The molecule has 1 aliphatic carbocycles. The molecule has 2 aliphatic rings. The number of rotatable bonds is 6. The van der Waals surface area contributed by atoms with Gasteiger partial charge >= 0.3 is 17.8 Å². The van der Waals surface area contributed by atoms with E-state index >= 15 is 0 Å². The molecule has 3 rings (SSSR count). The number of hydrogen-bond acceptors (Lipinski definition) is 6. The van der Waals surface area contributed by atoms with E-state index in [4.69, 9.17) is 9.47 Å². The lowest BCUT2D eigenvalue weighted by molar-refractivity contribution is -0.144. The summed E-state index contributed by atoms with van der Waals surface area (Å²) in [7, 11) is 2.95. The average molecular weight is 375 g/mol. The zero-order valence-electron chi connectivity index (χ0n) is 15.2. The minimum absolute atomic E-state index is 0.260. The minimum atomic E-state index is -0.967. The third-order valence-electron chi connectivity index (χ3n) is 4.71. The number of ether oxygens (including phenoxy) is 2. The van der Waals surface area contributed by atoms with E-state index in [1.165, 1.54) is 14.2 Å². The van der Waals surface area contributed by atoms with Crippen LogP contribution in [0.25, 0.3) is 0 Å². The van der Waals surface area contributed by atoms with Crippen LogP contribution in [-0.4, -0.2) is 60.4 Å². The Kier molecular flexibility index (Phi) is 5.29. The van der Waals surface area contributed by atoms with Gasteiger partial charge in [-0.2, -0.15) is 0 Å². The molecule has 1 saturated carbocycles. The van der Waals surface area contributed by atoms with Crippen LogP contribution in [0.5, 0.6) is 11.5 Å². The first-order valence-corrected chi connectivity index (χ1v) is 8.66. The summed E-state index contributed by atoms with van der Waals surface area (Å²) in [6.45, 7) is -0.536. The molecule has 0 radical (unpaired) electrons. The Labute approximate surface area is 156 Å². The van der Waals surface area contributed by atoms with E-state index in [0.717, 1.165) is 17.7 Å². The molecule has 9 nitrogen and oxygen atoms in total. The molecule has 5 amide bonds. The Hall–Kier alpha value is -3.10. The number of nitrogens with one attached hydrogen (secondary N) is 1. The van der Waals surface area contributed by atoms with E-state index in [0.29, 0.717) is 34.9 Å². The second-order valence-electron chi connectivity index (χ2n) is 6.44. The number of methoxy groups -OCH3 is 2. The predicted octanol–water partition coefficient (Wildman–Crippen LogP) is 1.38. The summed E-state index contributed by atoms with van der Waals surface area (Å²) >= 11 is 0. The largest absolute Gasteiger partial charge is 0.497 e. The molecule has 1 aromatic rings. The van der Waals surface area contributed by atoms with Crippen LogP contribution in [0.4, 0.5) is 10.5 Å². The SMILES string of the molecule is COc1cc(NC(=O)CN2C(=O)C(=O)N(C3CCCC3)C2=O)cc(OC)c1. The molecule has 0 atom stereocenters. The first-order valence-electron chi connectivity index (χ1n) is 8.66. The van der Waals surface area contributed by atoms with Crippen molar-refractivity contribution in [2.24, 2.45) is 0 Å². The van der Waals surface area contributed by atoms with Gasteiger partial charge in [-0.3, -0.25) is 19.3 Å². The first kappa shape index (κ1) is 18.7. The lowest BCUT2D eigenvalue weighted by Gasteiger charge is -2.20. The summed E-state index contributed by atoms with van der Waals surface area (Å²) in [5, 5.41) is 2.58. The quantitative estimate of drug-likeness (QED) is 0.595. The maximum Gasteiger partial charge on any atom is 0.334 e. The van der Waals surface area contributed by atoms with Gasteiger partial charge in [0.05, 0.1) is 14.2 Å². The van der Waals surface area contributed by atoms with E-state index in [9.17, 15) is 19.2 Å². The van der Waals surface area contributed by atoms with Crippen molar-refractivity contribution >= 4 is 29.4 Å². The summed E-state index contributed by atoms with van der Waals surface area (Å²) < 4.78 is 10.3. The summed E-state index contributed by atoms with van der Waals surface area (Å²) in [5.74, 6) is -1.48. The van der Waals surface area contributed by atoms with Crippen LogP contribution in [0, 0.1) is 0 Å². The van der Waals surface area contributed by atoms with Gasteiger partial charge in [-0.1, -0.05) is 12.8 Å². The number of imide groups is 2. The highest BCUT2D eigenvalue weighted by atomic mass is 16.5. The number of benzene rings is 1. The molecule has 0 bridgehead atoms. The van der Waals surface area contributed by atoms with Gasteiger partial charge in [-0.15, -0.1) is 0 Å². The van der Waals surface area contributed by atoms with E-state index in [1.54, 1.807) is 18.2 Å². The van der Waals surface area contributed by atoms with Crippen molar-refractivity contribution in [2.45, 2.75) is 31.7 Å². The fraction of sp³-hybridized carbons (Fsp3) is 0.444. The minimum Gasteiger partial charge on any atom is -0.497 e. The topological polar surface area (TPSA) is 105 Å². The number of urea groups is 1. The maximum atomic E-state index is 12.5. The highest BCUT2D eigenvalue weighted by molar-refractivity contribution is 6.45. The normalized spacial score (nSPS) is 17.6. The first-order chi connectivity index (χ1) is 12.9. The Morgan fingerprint density at radius 3 is 2.19 bits per heavy atom. The van der Waals surface area contributed by atoms with Crippen molar-refractivity contribution in [3.8, 4) is 11.5 Å². The highest BCUT2D eigenvalue weighted by Gasteiger charge is 2.48. The van der Waals surface area contributed by atoms with Gasteiger partial charge < -0.3 is 14.8 Å². The van der Waals surface area contributed by atoms with E-state index in [2.05, 4.69) is 5.32 Å². The molecule has 9 heteroatoms. The number of carbonyl (C=O) groups is 4. The van der Waals surface area contributed by atoms with Crippen molar-refractivity contribution in [3.05, 3.63) is 18.2 Å². The van der Waals surface area contributed by atoms with E-state index in [-0.39, 0.29) is 6.04 Å². The van der Waals surface area contributed by atoms with Gasteiger partial charge in [0.2, 0.25) is 5.91 Å². The Balaban J connectivity index is 1.69. The lowest BCUT2D eigenvalue weighted by atomic mass is 10.2. The zero-order valence-corrected chi connectivity index (χ0v) is 15.2. The van der Waals surface area contributed by atoms with Crippen molar-refractivity contribution in [1.82, 2.24) is 9.80 Å². The lowest BCUT2D eigenvalue weighted by Crippen LogP contribution is -2.41. The molecule has 144 valence electrons. The van der Waals surface area contributed by atoms with Crippen LogP contribution in [0.3, 0.4) is 0 Å². The van der Waals surface area contributed by atoms with E-state index < -0.39 is 30.3 Å². The highest BCUT2D eigenvalue weighted by Crippen LogP contribution is 2.28. The van der Waals surface area contributed by atoms with Crippen LogP contribution in [0.15, 0.2) is 18.2 Å². The van der Waals surface area contributed by atoms with Crippen LogP contribution < -0.4 is 14.8 Å². The van der Waals surface area contributed by atoms with Crippen LogP contribution in [-0.2, 0) is 14.4 Å². The molecule has 27 heavy (non-hydrogen) atoms. The Bertz CT molecular complexity index is 765. The van der Waals surface area contributed by atoms with Crippen LogP contribution >= 0.6 is 0 Å². The standard InChI is InChI=1S/C18H21N3O6/c1-26-13-7-11(8-14(9-13)27-2)19-15(22)10-20-16(23)17(24)21(18(20)25)12-5-3-4-6-12/h7-9,12H,3-6,10H2,1-2H3,(H,19,22). The van der Waals surface area contributed by atoms with Crippen LogP contribution in [0.1, 0.15) is 25.7 Å². The third kappa shape index (κ3) is 3.71. The van der Waals surface area contributed by atoms with Crippen molar-refractivity contribution < 1.29 is 28.7 Å². The molecule has 0 unspecified atom stereocenters. The fourth-order valence-corrected chi connectivity index (χ4v) is 3.37. The molecule has 1 saturated heterocycles. The molecule has 1 aromatic carbocycles. The van der Waals surface area contributed by atoms with Gasteiger partial charge in [-0.05, 0) is 12.8 Å². The fourth-order valence-electron chi connectivity index (χ4n) is 3.37. The molecule has 1 aliphatic heterocycles. The predicted molar refractivity (Wildman–Crippen MR) is 94.4 cm³/mol. The van der Waals surface area contributed by atoms with Gasteiger partial charge in [0, 0.05) is 29.9 Å².